The molecule has 0 spiro atoms. The molecule has 4 rings (SSSR count). The number of carbonyl (C=O) groups excluding carboxylic acids is 1. The van der Waals surface area contributed by atoms with Gasteiger partial charge >= 0.3 is 0 Å². The van der Waals surface area contributed by atoms with Crippen LogP contribution in [0, 0.1) is 12.8 Å². The molecule has 1 aliphatic heterocycles. The largest absolute Gasteiger partial charge is 0.492 e. The quantitative estimate of drug-likeness (QED) is 0.423. The molecule has 0 bridgehead atoms. The lowest BCUT2D eigenvalue weighted by atomic mass is 9.96. The van der Waals surface area contributed by atoms with Crippen LogP contribution >= 0.6 is 23.2 Å². The van der Waals surface area contributed by atoms with E-state index in [2.05, 4.69) is 32.3 Å². The number of halogens is 2. The lowest BCUT2D eigenvalue weighted by Crippen LogP contribution is -2.38. The van der Waals surface area contributed by atoms with Crippen LogP contribution in [0.4, 0.5) is 5.69 Å². The molecule has 1 aromatic carbocycles. The predicted octanol–water partition coefficient (Wildman–Crippen LogP) is 5.36. The number of nitrogens with one attached hydrogen (secondary N) is 1. The second kappa shape index (κ2) is 11.5. The van der Waals surface area contributed by atoms with Gasteiger partial charge in [-0.1, -0.05) is 29.3 Å². The molecule has 0 unspecified atom stereocenters. The number of amides is 1. The third kappa shape index (κ3) is 6.61. The molecular formula is C26H28Cl2N4O2. The summed E-state index contributed by atoms with van der Waals surface area (Å²) >= 11 is 12.1. The molecule has 3 heterocycles. The van der Waals surface area contributed by atoms with E-state index in [1.54, 1.807) is 30.5 Å². The van der Waals surface area contributed by atoms with Crippen LogP contribution in [0.1, 0.15) is 34.5 Å². The molecule has 1 fully saturated rings. The molecule has 2 aromatic heterocycles. The first-order valence-corrected chi connectivity index (χ1v) is 12.2. The molecule has 3 aromatic rings. The van der Waals surface area contributed by atoms with Crippen molar-refractivity contribution in [1.29, 1.82) is 0 Å². The van der Waals surface area contributed by atoms with E-state index in [1.807, 2.05) is 19.2 Å². The van der Waals surface area contributed by atoms with Gasteiger partial charge in [0.25, 0.3) is 5.91 Å². The van der Waals surface area contributed by atoms with Crippen molar-refractivity contribution in [2.75, 3.05) is 31.1 Å². The molecule has 1 aliphatic rings. The number of anilines is 1. The van der Waals surface area contributed by atoms with Crippen LogP contribution in [-0.4, -0.2) is 42.1 Å². The summed E-state index contributed by atoms with van der Waals surface area (Å²) in [5.41, 5.74) is 3.80. The summed E-state index contributed by atoms with van der Waals surface area (Å²) in [6.07, 6.45) is 6.32. The second-order valence-corrected chi connectivity index (χ2v) is 9.32. The van der Waals surface area contributed by atoms with Crippen molar-refractivity contribution in [3.8, 4) is 5.75 Å². The normalized spacial score (nSPS) is 14.1. The van der Waals surface area contributed by atoms with Gasteiger partial charge in [0.05, 0.1) is 11.6 Å². The van der Waals surface area contributed by atoms with Gasteiger partial charge in [-0.15, -0.1) is 0 Å². The molecule has 178 valence electrons. The fourth-order valence-electron chi connectivity index (χ4n) is 4.05. The van der Waals surface area contributed by atoms with E-state index in [4.69, 9.17) is 27.9 Å². The van der Waals surface area contributed by atoms with Gasteiger partial charge in [-0.05, 0) is 67.6 Å². The summed E-state index contributed by atoms with van der Waals surface area (Å²) in [6, 6.07) is 13.0. The van der Waals surface area contributed by atoms with Crippen molar-refractivity contribution in [2.45, 2.75) is 26.2 Å². The Kier molecular flexibility index (Phi) is 8.25. The van der Waals surface area contributed by atoms with Crippen LogP contribution in [0.25, 0.3) is 0 Å². The van der Waals surface area contributed by atoms with Gasteiger partial charge in [0.2, 0.25) is 0 Å². The number of piperidine rings is 1. The van der Waals surface area contributed by atoms with E-state index in [1.165, 1.54) is 5.69 Å². The summed E-state index contributed by atoms with van der Waals surface area (Å²) in [5, 5.41) is 4.01. The van der Waals surface area contributed by atoms with Crippen LogP contribution < -0.4 is 15.0 Å². The number of benzene rings is 1. The Morgan fingerprint density at radius 2 is 1.94 bits per heavy atom. The van der Waals surface area contributed by atoms with Crippen LogP contribution in [-0.2, 0) is 6.42 Å². The summed E-state index contributed by atoms with van der Waals surface area (Å²) in [6.45, 7) is 5.04. The van der Waals surface area contributed by atoms with Crippen molar-refractivity contribution >= 4 is 34.8 Å². The Morgan fingerprint density at radius 1 is 1.12 bits per heavy atom. The molecule has 0 aliphatic carbocycles. The third-order valence-corrected chi connectivity index (χ3v) is 6.58. The molecule has 8 heteroatoms. The fraction of sp³-hybridized carbons (Fsp3) is 0.346. The zero-order valence-corrected chi connectivity index (χ0v) is 20.6. The summed E-state index contributed by atoms with van der Waals surface area (Å²) < 4.78 is 5.84. The minimum Gasteiger partial charge on any atom is -0.492 e. The van der Waals surface area contributed by atoms with Gasteiger partial charge in [-0.3, -0.25) is 9.78 Å². The highest BCUT2D eigenvalue weighted by Crippen LogP contribution is 2.26. The topological polar surface area (TPSA) is 67.4 Å². The first-order valence-electron chi connectivity index (χ1n) is 11.5. The van der Waals surface area contributed by atoms with Crippen molar-refractivity contribution in [2.24, 2.45) is 5.92 Å². The van der Waals surface area contributed by atoms with Crippen molar-refractivity contribution < 1.29 is 9.53 Å². The number of hydrogen-bond acceptors (Lipinski definition) is 5. The van der Waals surface area contributed by atoms with E-state index < -0.39 is 0 Å². The number of aryl methyl sites for hydroxylation is 1. The van der Waals surface area contributed by atoms with Gasteiger partial charge in [0.15, 0.2) is 0 Å². The number of aromatic nitrogens is 2. The second-order valence-electron chi connectivity index (χ2n) is 8.53. The molecule has 0 atom stereocenters. The third-order valence-electron chi connectivity index (χ3n) is 6.04. The van der Waals surface area contributed by atoms with Gasteiger partial charge in [-0.2, -0.15) is 0 Å². The summed E-state index contributed by atoms with van der Waals surface area (Å²) in [7, 11) is 0. The van der Waals surface area contributed by atoms with Gasteiger partial charge in [-0.25, -0.2) is 4.98 Å². The smallest absolute Gasteiger partial charge is 0.251 e. The standard InChI is InChI=1S/C26H28Cl2N4O2/c1-18-14-22(6-10-29-18)32-11-7-20(8-12-32)17-31-26(33)21-3-4-23(27)24(15-21)34-13-9-19-2-5-25(28)30-16-19/h2-6,10,14-16,20H,7-9,11-13,17H2,1H3,(H,31,33). The van der Waals surface area contributed by atoms with Crippen LogP contribution in [0.15, 0.2) is 54.9 Å². The number of hydrogen-bond donors (Lipinski definition) is 1. The highest BCUT2D eigenvalue weighted by Gasteiger charge is 2.20. The van der Waals surface area contributed by atoms with E-state index >= 15 is 0 Å². The lowest BCUT2D eigenvalue weighted by molar-refractivity contribution is 0.0944. The average Bonchev–Trinajstić information content (AvgIpc) is 2.85. The zero-order valence-electron chi connectivity index (χ0n) is 19.1. The Bertz CT molecular complexity index is 1120. The zero-order chi connectivity index (χ0) is 23.9. The number of rotatable bonds is 8. The highest BCUT2D eigenvalue weighted by molar-refractivity contribution is 6.32. The lowest BCUT2D eigenvalue weighted by Gasteiger charge is -2.33. The van der Waals surface area contributed by atoms with E-state index in [-0.39, 0.29) is 5.91 Å². The Hall–Kier alpha value is -2.83. The molecule has 34 heavy (non-hydrogen) atoms. The maximum atomic E-state index is 12.8. The average molecular weight is 499 g/mol. The Morgan fingerprint density at radius 3 is 2.68 bits per heavy atom. The van der Waals surface area contributed by atoms with Crippen molar-refractivity contribution in [3.05, 3.63) is 81.9 Å². The molecule has 6 nitrogen and oxygen atoms in total. The SMILES string of the molecule is Cc1cc(N2CCC(CNC(=O)c3ccc(Cl)c(OCCc4ccc(Cl)nc4)c3)CC2)ccn1. The van der Waals surface area contributed by atoms with Crippen LogP contribution in [0.5, 0.6) is 5.75 Å². The van der Waals surface area contributed by atoms with Gasteiger partial charge < -0.3 is 15.0 Å². The number of nitrogens with zero attached hydrogens (tertiary/aromatic N) is 3. The summed E-state index contributed by atoms with van der Waals surface area (Å²) in [5.74, 6) is 0.840. The van der Waals surface area contributed by atoms with E-state index in [0.717, 1.165) is 37.2 Å². The molecule has 0 saturated carbocycles. The molecule has 0 radical (unpaired) electrons. The Labute approximate surface area is 210 Å². The first-order chi connectivity index (χ1) is 16.5. The van der Waals surface area contributed by atoms with E-state index in [0.29, 0.717) is 47.0 Å². The van der Waals surface area contributed by atoms with Gasteiger partial charge in [0.1, 0.15) is 10.9 Å². The maximum absolute atomic E-state index is 12.8. The number of ether oxygens (including phenoxy) is 1. The van der Waals surface area contributed by atoms with Crippen molar-refractivity contribution in [3.63, 3.8) is 0 Å². The van der Waals surface area contributed by atoms with Gasteiger partial charge in [0, 0.05) is 55.4 Å². The van der Waals surface area contributed by atoms with Crippen LogP contribution in [0.3, 0.4) is 0 Å². The maximum Gasteiger partial charge on any atom is 0.251 e. The molecule has 1 amide bonds. The first kappa shape index (κ1) is 24.3. The molecule has 1 N–H and O–H groups in total. The number of pyridine rings is 2. The highest BCUT2D eigenvalue weighted by atomic mass is 35.5. The molecular weight excluding hydrogens is 471 g/mol. The predicted molar refractivity (Wildman–Crippen MR) is 136 cm³/mol. The summed E-state index contributed by atoms with van der Waals surface area (Å²) in [4.78, 5) is 23.5. The van der Waals surface area contributed by atoms with Crippen molar-refractivity contribution in [1.82, 2.24) is 15.3 Å². The number of carbonyl (C=O) groups is 1. The Balaban J connectivity index is 1.25. The van der Waals surface area contributed by atoms with E-state index in [9.17, 15) is 4.79 Å². The molecule has 1 saturated heterocycles. The minimum absolute atomic E-state index is 0.115. The van der Waals surface area contributed by atoms with Crippen LogP contribution in [0.2, 0.25) is 10.2 Å². The minimum atomic E-state index is -0.115. The monoisotopic (exact) mass is 498 g/mol. The fourth-order valence-corrected chi connectivity index (χ4v) is 4.33.